The summed E-state index contributed by atoms with van der Waals surface area (Å²) in [6.07, 6.45) is 0. The summed E-state index contributed by atoms with van der Waals surface area (Å²) in [7, 11) is 1.77. The Morgan fingerprint density at radius 3 is 2.79 bits per heavy atom. The molecule has 0 saturated carbocycles. The number of nitrogens with zero attached hydrogens (tertiary/aromatic N) is 2. The smallest absolute Gasteiger partial charge is 0.254 e. The van der Waals surface area contributed by atoms with Crippen LogP contribution < -0.4 is 0 Å². The predicted molar refractivity (Wildman–Crippen MR) is 81.8 cm³/mol. The minimum absolute atomic E-state index is 0.0593. The van der Waals surface area contributed by atoms with Gasteiger partial charge in [0.2, 0.25) is 0 Å². The number of carbonyl (C=O) groups is 1. The van der Waals surface area contributed by atoms with Crippen LogP contribution in [0.4, 0.5) is 0 Å². The predicted octanol–water partition coefficient (Wildman–Crippen LogP) is 4.14. The zero-order valence-electron chi connectivity index (χ0n) is 10.5. The Bertz CT molecular complexity index is 594. The molecule has 0 saturated heterocycles. The van der Waals surface area contributed by atoms with Crippen LogP contribution in [0.15, 0.2) is 28.2 Å². The van der Waals surface area contributed by atoms with Crippen molar-refractivity contribution in [2.75, 3.05) is 7.05 Å². The molecular weight excluding hydrogens is 348 g/mol. The Morgan fingerprint density at radius 2 is 2.21 bits per heavy atom. The normalized spacial score (nSPS) is 10.5. The van der Waals surface area contributed by atoms with Gasteiger partial charge in [0.25, 0.3) is 5.91 Å². The van der Waals surface area contributed by atoms with Gasteiger partial charge in [-0.15, -0.1) is 11.3 Å². The Hall–Kier alpha value is -0.910. The molecule has 6 heteroatoms. The molecule has 1 heterocycles. The largest absolute Gasteiger partial charge is 0.336 e. The highest BCUT2D eigenvalue weighted by Crippen LogP contribution is 2.21. The molecule has 0 spiro atoms. The van der Waals surface area contributed by atoms with Gasteiger partial charge in [0.05, 0.1) is 17.7 Å². The van der Waals surface area contributed by atoms with Gasteiger partial charge in [0, 0.05) is 27.0 Å². The van der Waals surface area contributed by atoms with Crippen molar-refractivity contribution < 1.29 is 4.79 Å². The van der Waals surface area contributed by atoms with Crippen LogP contribution in [0.1, 0.15) is 20.9 Å². The van der Waals surface area contributed by atoms with Crippen molar-refractivity contribution in [3.63, 3.8) is 0 Å². The molecule has 100 valence electrons. The SMILES string of the molecule is Cc1ncsc1CN(C)C(=O)c1cc(Cl)cc(Br)c1. The van der Waals surface area contributed by atoms with Crippen LogP contribution in [0.2, 0.25) is 5.02 Å². The number of halogens is 2. The van der Waals surface area contributed by atoms with E-state index in [1.807, 2.05) is 6.92 Å². The lowest BCUT2D eigenvalue weighted by Crippen LogP contribution is -2.26. The summed E-state index contributed by atoms with van der Waals surface area (Å²) in [5.41, 5.74) is 3.33. The van der Waals surface area contributed by atoms with Gasteiger partial charge >= 0.3 is 0 Å². The van der Waals surface area contributed by atoms with Gasteiger partial charge in [0.1, 0.15) is 0 Å². The quantitative estimate of drug-likeness (QED) is 0.825. The highest BCUT2D eigenvalue weighted by molar-refractivity contribution is 9.10. The molecular formula is C13H12BrClN2OS. The molecule has 0 fully saturated rings. The number of aryl methyl sites for hydroxylation is 1. The molecule has 1 amide bonds. The zero-order chi connectivity index (χ0) is 14.0. The number of hydrogen-bond donors (Lipinski definition) is 0. The Kier molecular flexibility index (Phi) is 4.60. The van der Waals surface area contributed by atoms with Crippen LogP contribution in [0.5, 0.6) is 0 Å². The van der Waals surface area contributed by atoms with Crippen molar-refractivity contribution in [3.8, 4) is 0 Å². The van der Waals surface area contributed by atoms with Crippen LogP contribution in [-0.2, 0) is 6.54 Å². The molecule has 2 aromatic rings. The van der Waals surface area contributed by atoms with E-state index in [-0.39, 0.29) is 5.91 Å². The molecule has 0 aliphatic carbocycles. The fourth-order valence-corrected chi connectivity index (χ4v) is 3.35. The maximum Gasteiger partial charge on any atom is 0.254 e. The summed E-state index contributed by atoms with van der Waals surface area (Å²) in [6, 6.07) is 5.20. The summed E-state index contributed by atoms with van der Waals surface area (Å²) >= 11 is 10.9. The minimum Gasteiger partial charge on any atom is -0.336 e. The molecule has 1 aromatic heterocycles. The summed E-state index contributed by atoms with van der Waals surface area (Å²) < 4.78 is 0.797. The summed E-state index contributed by atoms with van der Waals surface area (Å²) in [5.74, 6) is -0.0593. The van der Waals surface area contributed by atoms with Crippen LogP contribution in [-0.4, -0.2) is 22.8 Å². The van der Waals surface area contributed by atoms with Crippen LogP contribution >= 0.6 is 38.9 Å². The van der Waals surface area contributed by atoms with E-state index >= 15 is 0 Å². The fourth-order valence-electron chi connectivity index (χ4n) is 1.66. The minimum atomic E-state index is -0.0593. The second-order valence-corrected chi connectivity index (χ2v) is 6.47. The highest BCUT2D eigenvalue weighted by Gasteiger charge is 2.15. The molecule has 0 N–H and O–H groups in total. The van der Waals surface area contributed by atoms with Crippen molar-refractivity contribution in [1.82, 2.24) is 9.88 Å². The maximum absolute atomic E-state index is 12.3. The van der Waals surface area contributed by atoms with Crippen molar-refractivity contribution in [2.24, 2.45) is 0 Å². The van der Waals surface area contributed by atoms with Crippen LogP contribution in [0, 0.1) is 6.92 Å². The number of aromatic nitrogens is 1. The maximum atomic E-state index is 12.3. The zero-order valence-corrected chi connectivity index (χ0v) is 13.6. The van der Waals surface area contributed by atoms with Gasteiger partial charge in [-0.2, -0.15) is 0 Å². The first-order chi connectivity index (χ1) is 8.97. The highest BCUT2D eigenvalue weighted by atomic mass is 79.9. The lowest BCUT2D eigenvalue weighted by molar-refractivity contribution is 0.0786. The average Bonchev–Trinajstić information content (AvgIpc) is 2.72. The van der Waals surface area contributed by atoms with Gasteiger partial charge in [-0.25, -0.2) is 4.98 Å². The Labute approximate surface area is 129 Å². The van der Waals surface area contributed by atoms with Gasteiger partial charge in [-0.1, -0.05) is 27.5 Å². The molecule has 0 atom stereocenters. The van der Waals surface area contributed by atoms with Crippen molar-refractivity contribution in [3.05, 3.63) is 49.3 Å². The molecule has 3 nitrogen and oxygen atoms in total. The first kappa shape index (κ1) is 14.5. The summed E-state index contributed by atoms with van der Waals surface area (Å²) in [4.78, 5) is 19.3. The standard InChI is InChI=1S/C13H12BrClN2OS/c1-8-12(19-7-16-8)6-17(2)13(18)9-3-10(14)5-11(15)4-9/h3-5,7H,6H2,1-2H3. The average molecular weight is 360 g/mol. The number of amides is 1. The molecule has 2 rings (SSSR count). The molecule has 1 aromatic carbocycles. The van der Waals surface area contributed by atoms with Crippen molar-refractivity contribution in [1.29, 1.82) is 0 Å². The van der Waals surface area contributed by atoms with Gasteiger partial charge in [-0.3, -0.25) is 4.79 Å². The number of thiazole rings is 1. The first-order valence-corrected chi connectivity index (χ1v) is 7.63. The third-order valence-corrected chi connectivity index (χ3v) is 4.28. The van der Waals surface area contributed by atoms with E-state index in [0.29, 0.717) is 17.1 Å². The van der Waals surface area contributed by atoms with Crippen molar-refractivity contribution >= 4 is 44.8 Å². The molecule has 0 bridgehead atoms. The van der Waals surface area contributed by atoms with Gasteiger partial charge in [0.15, 0.2) is 0 Å². The Balaban J connectivity index is 2.17. The van der Waals surface area contributed by atoms with Crippen molar-refractivity contribution in [2.45, 2.75) is 13.5 Å². The molecule has 0 radical (unpaired) electrons. The van der Waals surface area contributed by atoms with E-state index in [2.05, 4.69) is 20.9 Å². The summed E-state index contributed by atoms with van der Waals surface area (Å²) in [5, 5.41) is 0.542. The van der Waals surface area contributed by atoms with E-state index in [1.54, 1.807) is 47.0 Å². The number of carbonyl (C=O) groups excluding carboxylic acids is 1. The second kappa shape index (κ2) is 6.03. The summed E-state index contributed by atoms with van der Waals surface area (Å²) in [6.45, 7) is 2.50. The topological polar surface area (TPSA) is 33.2 Å². The number of rotatable bonds is 3. The second-order valence-electron chi connectivity index (χ2n) is 4.18. The van der Waals surface area contributed by atoms with E-state index in [9.17, 15) is 4.79 Å². The molecule has 0 aliphatic rings. The molecule has 19 heavy (non-hydrogen) atoms. The lowest BCUT2D eigenvalue weighted by Gasteiger charge is -2.17. The monoisotopic (exact) mass is 358 g/mol. The van der Waals surface area contributed by atoms with Crippen LogP contribution in [0.25, 0.3) is 0 Å². The number of benzene rings is 1. The lowest BCUT2D eigenvalue weighted by atomic mass is 10.2. The van der Waals surface area contributed by atoms with Crippen LogP contribution in [0.3, 0.4) is 0 Å². The van der Waals surface area contributed by atoms with E-state index in [4.69, 9.17) is 11.6 Å². The first-order valence-electron chi connectivity index (χ1n) is 5.58. The van der Waals surface area contributed by atoms with Gasteiger partial charge in [-0.05, 0) is 25.1 Å². The molecule has 0 aliphatic heterocycles. The number of hydrogen-bond acceptors (Lipinski definition) is 3. The Morgan fingerprint density at radius 1 is 1.47 bits per heavy atom. The third kappa shape index (κ3) is 3.55. The third-order valence-electron chi connectivity index (χ3n) is 2.68. The van der Waals surface area contributed by atoms with Gasteiger partial charge < -0.3 is 4.90 Å². The van der Waals surface area contributed by atoms with E-state index in [1.165, 1.54) is 0 Å². The van der Waals surface area contributed by atoms with E-state index in [0.717, 1.165) is 15.0 Å². The fraction of sp³-hybridized carbons (Fsp3) is 0.231. The van der Waals surface area contributed by atoms with E-state index < -0.39 is 0 Å². The molecule has 0 unspecified atom stereocenters.